The second kappa shape index (κ2) is 6.39. The van der Waals surface area contributed by atoms with Crippen LogP contribution in [0.5, 0.6) is 0 Å². The summed E-state index contributed by atoms with van der Waals surface area (Å²) >= 11 is 0. The lowest BCUT2D eigenvalue weighted by Gasteiger charge is -2.34. The van der Waals surface area contributed by atoms with Crippen molar-refractivity contribution in [2.45, 2.75) is 71.4 Å². The molecule has 17 heavy (non-hydrogen) atoms. The van der Waals surface area contributed by atoms with Crippen molar-refractivity contribution in [1.29, 1.82) is 0 Å². The van der Waals surface area contributed by atoms with E-state index in [-0.39, 0.29) is 5.97 Å². The molecule has 1 fully saturated rings. The van der Waals surface area contributed by atoms with Gasteiger partial charge in [0.05, 0.1) is 6.61 Å². The molecule has 0 bridgehead atoms. The van der Waals surface area contributed by atoms with E-state index in [1.54, 1.807) is 0 Å². The summed E-state index contributed by atoms with van der Waals surface area (Å²) in [6, 6.07) is 0.531. The first-order valence-corrected chi connectivity index (χ1v) is 7.02. The second-order valence-corrected chi connectivity index (χ2v) is 5.29. The van der Waals surface area contributed by atoms with Crippen LogP contribution in [0.2, 0.25) is 0 Å². The van der Waals surface area contributed by atoms with Crippen molar-refractivity contribution < 1.29 is 9.53 Å². The Morgan fingerprint density at radius 1 is 1.41 bits per heavy atom. The van der Waals surface area contributed by atoms with Gasteiger partial charge in [0, 0.05) is 6.04 Å². The lowest BCUT2D eigenvalue weighted by Crippen LogP contribution is -2.54. The van der Waals surface area contributed by atoms with Gasteiger partial charge in [-0.2, -0.15) is 0 Å². The first-order chi connectivity index (χ1) is 8.07. The molecule has 0 spiro atoms. The van der Waals surface area contributed by atoms with Gasteiger partial charge in [-0.3, -0.25) is 10.1 Å². The van der Waals surface area contributed by atoms with Gasteiger partial charge in [0.25, 0.3) is 0 Å². The molecule has 100 valence electrons. The van der Waals surface area contributed by atoms with Crippen LogP contribution in [-0.4, -0.2) is 24.2 Å². The maximum absolute atomic E-state index is 12.2. The van der Waals surface area contributed by atoms with Crippen LogP contribution in [0, 0.1) is 5.92 Å². The maximum Gasteiger partial charge on any atom is 0.326 e. The van der Waals surface area contributed by atoms with Gasteiger partial charge < -0.3 is 4.74 Å². The summed E-state index contributed by atoms with van der Waals surface area (Å²) in [4.78, 5) is 12.2. The van der Waals surface area contributed by atoms with E-state index in [1.807, 2.05) is 6.92 Å². The van der Waals surface area contributed by atoms with Crippen LogP contribution in [0.1, 0.15) is 59.8 Å². The number of carbonyl (C=O) groups excluding carboxylic acids is 1. The van der Waals surface area contributed by atoms with Gasteiger partial charge in [-0.1, -0.05) is 27.2 Å². The molecule has 3 heteroatoms. The molecule has 2 unspecified atom stereocenters. The van der Waals surface area contributed by atoms with Gasteiger partial charge in [0.1, 0.15) is 5.54 Å². The van der Waals surface area contributed by atoms with Crippen LogP contribution in [0.4, 0.5) is 0 Å². The number of hydrogen-bond donors (Lipinski definition) is 1. The second-order valence-electron chi connectivity index (χ2n) is 5.29. The molecule has 1 N–H and O–H groups in total. The summed E-state index contributed by atoms with van der Waals surface area (Å²) < 4.78 is 5.27. The van der Waals surface area contributed by atoms with Crippen LogP contribution < -0.4 is 5.32 Å². The first-order valence-electron chi connectivity index (χ1n) is 7.02. The number of rotatable bonds is 8. The summed E-state index contributed by atoms with van der Waals surface area (Å²) in [7, 11) is 0. The van der Waals surface area contributed by atoms with Gasteiger partial charge in [0.15, 0.2) is 0 Å². The number of esters is 1. The molecule has 1 rings (SSSR count). The predicted octanol–water partition coefficient (Wildman–Crippen LogP) is 2.89. The average Bonchev–Trinajstić information content (AvgIpc) is 3.12. The van der Waals surface area contributed by atoms with Crippen LogP contribution in [-0.2, 0) is 9.53 Å². The van der Waals surface area contributed by atoms with E-state index in [1.165, 1.54) is 12.8 Å². The van der Waals surface area contributed by atoms with Crippen LogP contribution in [0.15, 0.2) is 0 Å². The fourth-order valence-corrected chi connectivity index (χ4v) is 2.22. The molecule has 0 aromatic rings. The molecule has 0 aromatic carbocycles. The molecule has 1 aliphatic rings. The SMILES string of the molecule is CCOC(=O)C(CC)(CC(C)CC)NC1CC1. The highest BCUT2D eigenvalue weighted by atomic mass is 16.5. The average molecular weight is 241 g/mol. The van der Waals surface area contributed by atoms with Gasteiger partial charge >= 0.3 is 5.97 Å². The lowest BCUT2D eigenvalue weighted by atomic mass is 9.84. The van der Waals surface area contributed by atoms with Gasteiger partial charge in [-0.05, 0) is 38.5 Å². The maximum atomic E-state index is 12.2. The van der Waals surface area contributed by atoms with Crippen molar-refractivity contribution in [2.24, 2.45) is 5.92 Å². The fraction of sp³-hybridized carbons (Fsp3) is 0.929. The minimum absolute atomic E-state index is 0.0605. The van der Waals surface area contributed by atoms with E-state index < -0.39 is 5.54 Å². The van der Waals surface area contributed by atoms with Gasteiger partial charge in [0.2, 0.25) is 0 Å². The van der Waals surface area contributed by atoms with E-state index >= 15 is 0 Å². The highest BCUT2D eigenvalue weighted by molar-refractivity contribution is 5.81. The topological polar surface area (TPSA) is 38.3 Å². The Hall–Kier alpha value is -0.570. The van der Waals surface area contributed by atoms with Crippen molar-refractivity contribution in [1.82, 2.24) is 5.32 Å². The number of nitrogens with one attached hydrogen (secondary N) is 1. The first kappa shape index (κ1) is 14.5. The van der Waals surface area contributed by atoms with Gasteiger partial charge in [-0.15, -0.1) is 0 Å². The molecule has 0 radical (unpaired) electrons. The summed E-state index contributed by atoms with van der Waals surface area (Å²) in [5, 5.41) is 3.53. The molecule has 0 amide bonds. The lowest BCUT2D eigenvalue weighted by molar-refractivity contribution is -0.152. The van der Waals surface area contributed by atoms with Crippen LogP contribution in [0.3, 0.4) is 0 Å². The Morgan fingerprint density at radius 2 is 2.06 bits per heavy atom. The molecule has 1 saturated carbocycles. The van der Waals surface area contributed by atoms with Crippen molar-refractivity contribution in [3.8, 4) is 0 Å². The molecule has 0 aliphatic heterocycles. The van der Waals surface area contributed by atoms with E-state index in [0.717, 1.165) is 19.3 Å². The largest absolute Gasteiger partial charge is 0.465 e. The Labute approximate surface area is 105 Å². The zero-order valence-corrected chi connectivity index (χ0v) is 11.7. The van der Waals surface area contributed by atoms with Crippen LogP contribution in [0.25, 0.3) is 0 Å². The smallest absolute Gasteiger partial charge is 0.326 e. The van der Waals surface area contributed by atoms with E-state index in [2.05, 4.69) is 26.1 Å². The molecular weight excluding hydrogens is 214 g/mol. The summed E-state index contributed by atoms with van der Waals surface area (Å²) in [6.07, 6.45) is 5.19. The van der Waals surface area contributed by atoms with Crippen molar-refractivity contribution in [2.75, 3.05) is 6.61 Å². The molecular formula is C14H27NO2. The standard InChI is InChI=1S/C14H27NO2/c1-5-11(4)10-14(6-2,13(16)17-7-3)15-12-8-9-12/h11-12,15H,5-10H2,1-4H3. The third-order valence-corrected chi connectivity index (χ3v) is 3.72. The van der Waals surface area contributed by atoms with Gasteiger partial charge in [-0.25, -0.2) is 0 Å². The molecule has 0 heterocycles. The van der Waals surface area contributed by atoms with Crippen molar-refractivity contribution in [3.63, 3.8) is 0 Å². The normalized spacial score (nSPS) is 20.7. The number of hydrogen-bond acceptors (Lipinski definition) is 3. The quantitative estimate of drug-likeness (QED) is 0.664. The molecule has 3 nitrogen and oxygen atoms in total. The Bertz CT molecular complexity index is 251. The van der Waals surface area contributed by atoms with E-state index in [4.69, 9.17) is 4.74 Å². The third-order valence-electron chi connectivity index (χ3n) is 3.72. The molecule has 1 aliphatic carbocycles. The Kier molecular flexibility index (Phi) is 5.44. The zero-order chi connectivity index (χ0) is 12.9. The highest BCUT2D eigenvalue weighted by Crippen LogP contribution is 2.30. The van der Waals surface area contributed by atoms with E-state index in [9.17, 15) is 4.79 Å². The van der Waals surface area contributed by atoms with E-state index in [0.29, 0.717) is 18.6 Å². The monoisotopic (exact) mass is 241 g/mol. The summed E-state index contributed by atoms with van der Waals surface area (Å²) in [5.41, 5.74) is -0.452. The minimum Gasteiger partial charge on any atom is -0.465 e. The fourth-order valence-electron chi connectivity index (χ4n) is 2.22. The Morgan fingerprint density at radius 3 is 2.47 bits per heavy atom. The van der Waals surface area contributed by atoms with Crippen molar-refractivity contribution >= 4 is 5.97 Å². The summed E-state index contributed by atoms with van der Waals surface area (Å²) in [6.45, 7) is 8.80. The Balaban J connectivity index is 2.73. The minimum atomic E-state index is -0.452. The molecule has 0 saturated heterocycles. The predicted molar refractivity (Wildman–Crippen MR) is 69.9 cm³/mol. The molecule has 2 atom stereocenters. The summed E-state index contributed by atoms with van der Waals surface area (Å²) in [5.74, 6) is 0.486. The number of ether oxygens (including phenoxy) is 1. The highest BCUT2D eigenvalue weighted by Gasteiger charge is 2.42. The van der Waals surface area contributed by atoms with Crippen molar-refractivity contribution in [3.05, 3.63) is 0 Å². The number of carbonyl (C=O) groups is 1. The molecule has 0 aromatic heterocycles. The van der Waals surface area contributed by atoms with Crippen LogP contribution >= 0.6 is 0 Å². The zero-order valence-electron chi connectivity index (χ0n) is 11.7. The third kappa shape index (κ3) is 3.98.